The number of hydrogen-bond donors (Lipinski definition) is 0. The third-order valence-electron chi connectivity index (χ3n) is 7.04. The molecule has 4 rings (SSSR count). The first kappa shape index (κ1) is 25.3. The Morgan fingerprint density at radius 2 is 1.71 bits per heavy atom. The van der Waals surface area contributed by atoms with Gasteiger partial charge in [0, 0.05) is 51.5 Å². The fraction of sp³-hybridized carbons (Fsp3) is 0.500. The Balaban J connectivity index is 1.49. The number of ether oxygens (including phenoxy) is 3. The quantitative estimate of drug-likeness (QED) is 0.608. The minimum absolute atomic E-state index is 0.112. The largest absolute Gasteiger partial charge is 0.497 e. The summed E-state index contributed by atoms with van der Waals surface area (Å²) in [4.78, 5) is 17.9. The molecule has 1 amide bonds. The number of carbonyl (C=O) groups is 1. The smallest absolute Gasteiger partial charge is 0.416 e. The molecule has 0 N–H and O–H groups in total. The lowest BCUT2D eigenvalue weighted by Gasteiger charge is -2.43. The summed E-state index contributed by atoms with van der Waals surface area (Å²) in [5.74, 6) is 1.41. The van der Waals surface area contributed by atoms with Gasteiger partial charge in [0.05, 0.1) is 25.2 Å². The number of amides is 1. The van der Waals surface area contributed by atoms with E-state index < -0.39 is 17.2 Å². The van der Waals surface area contributed by atoms with Crippen molar-refractivity contribution in [2.24, 2.45) is 0 Å². The number of methoxy groups -OCH3 is 2. The van der Waals surface area contributed by atoms with Crippen molar-refractivity contribution >= 4 is 5.91 Å². The monoisotopic (exact) mass is 492 g/mol. The minimum Gasteiger partial charge on any atom is -0.497 e. The minimum atomic E-state index is -4.46. The maximum atomic E-state index is 13.8. The van der Waals surface area contributed by atoms with Crippen LogP contribution in [0.4, 0.5) is 13.2 Å². The zero-order valence-corrected chi connectivity index (χ0v) is 20.1. The zero-order chi connectivity index (χ0) is 25.1. The van der Waals surface area contributed by atoms with Gasteiger partial charge in [-0.1, -0.05) is 18.2 Å². The van der Waals surface area contributed by atoms with Gasteiger partial charge in [0.1, 0.15) is 11.5 Å². The third kappa shape index (κ3) is 5.41. The standard InChI is InChI=1S/C26H31F3N2O4/c1-33-22-6-7-23(34-2)19(16-22)18-30-10-12-31(13-11-30)24(32)25(8-14-35-15-9-25)20-4-3-5-21(17-20)26(27,28)29/h3-7,16-17H,8-15,18H2,1-2H3. The summed E-state index contributed by atoms with van der Waals surface area (Å²) in [6.07, 6.45) is -3.72. The Labute approximate surface area is 203 Å². The van der Waals surface area contributed by atoms with Gasteiger partial charge in [-0.05, 0) is 42.7 Å². The van der Waals surface area contributed by atoms with E-state index >= 15 is 0 Å². The number of hydrogen-bond acceptors (Lipinski definition) is 5. The average molecular weight is 493 g/mol. The molecule has 2 aliphatic heterocycles. The van der Waals surface area contributed by atoms with E-state index in [-0.39, 0.29) is 5.91 Å². The molecular formula is C26H31F3N2O4. The lowest BCUT2D eigenvalue weighted by atomic mass is 9.72. The molecule has 9 heteroatoms. The van der Waals surface area contributed by atoms with Crippen LogP contribution in [0, 0.1) is 0 Å². The molecule has 2 aromatic carbocycles. The molecule has 2 heterocycles. The highest BCUT2D eigenvalue weighted by Crippen LogP contribution is 2.40. The van der Waals surface area contributed by atoms with Gasteiger partial charge < -0.3 is 19.1 Å². The second kappa shape index (κ2) is 10.5. The van der Waals surface area contributed by atoms with Gasteiger partial charge in [0.2, 0.25) is 5.91 Å². The summed E-state index contributed by atoms with van der Waals surface area (Å²) in [5, 5.41) is 0. The fourth-order valence-electron chi connectivity index (χ4n) is 5.00. The van der Waals surface area contributed by atoms with Crippen LogP contribution in [0.3, 0.4) is 0 Å². The van der Waals surface area contributed by atoms with E-state index in [1.54, 1.807) is 25.2 Å². The lowest BCUT2D eigenvalue weighted by molar-refractivity contribution is -0.144. The van der Waals surface area contributed by atoms with E-state index in [2.05, 4.69) is 4.90 Å². The first-order chi connectivity index (χ1) is 16.8. The zero-order valence-electron chi connectivity index (χ0n) is 20.1. The van der Waals surface area contributed by atoms with E-state index in [4.69, 9.17) is 14.2 Å². The van der Waals surface area contributed by atoms with Gasteiger partial charge in [-0.2, -0.15) is 13.2 Å². The lowest BCUT2D eigenvalue weighted by Crippen LogP contribution is -2.55. The number of halogens is 3. The molecular weight excluding hydrogens is 461 g/mol. The fourth-order valence-corrected chi connectivity index (χ4v) is 5.00. The summed E-state index contributed by atoms with van der Waals surface area (Å²) in [6.45, 7) is 3.66. The van der Waals surface area contributed by atoms with Crippen LogP contribution in [0.2, 0.25) is 0 Å². The molecule has 2 aliphatic rings. The normalized spacial score (nSPS) is 18.8. The summed E-state index contributed by atoms with van der Waals surface area (Å²) in [5.41, 5.74) is -0.316. The van der Waals surface area contributed by atoms with Crippen molar-refractivity contribution in [1.29, 1.82) is 0 Å². The molecule has 6 nitrogen and oxygen atoms in total. The van der Waals surface area contributed by atoms with Gasteiger partial charge in [-0.25, -0.2) is 0 Å². The van der Waals surface area contributed by atoms with Gasteiger partial charge in [0.25, 0.3) is 0 Å². The predicted molar refractivity (Wildman–Crippen MR) is 125 cm³/mol. The SMILES string of the molecule is COc1ccc(OC)c(CN2CCN(C(=O)C3(c4cccc(C(F)(F)F)c4)CCOCC3)CC2)c1. The van der Waals surface area contributed by atoms with Crippen molar-refractivity contribution in [2.75, 3.05) is 53.6 Å². The van der Waals surface area contributed by atoms with Crippen molar-refractivity contribution in [2.45, 2.75) is 31.0 Å². The summed E-state index contributed by atoms with van der Waals surface area (Å²) in [6, 6.07) is 10.9. The Hall–Kier alpha value is -2.78. The maximum absolute atomic E-state index is 13.8. The Morgan fingerprint density at radius 1 is 1.00 bits per heavy atom. The molecule has 2 aromatic rings. The Bertz CT molecular complexity index is 1030. The first-order valence-corrected chi connectivity index (χ1v) is 11.7. The van der Waals surface area contributed by atoms with Crippen LogP contribution in [-0.4, -0.2) is 69.3 Å². The van der Waals surface area contributed by atoms with Gasteiger partial charge in [-0.15, -0.1) is 0 Å². The number of piperazine rings is 1. The van der Waals surface area contributed by atoms with Crippen molar-refractivity contribution < 1.29 is 32.2 Å². The highest BCUT2D eigenvalue weighted by molar-refractivity contribution is 5.88. The van der Waals surface area contributed by atoms with Gasteiger partial charge in [0.15, 0.2) is 0 Å². The number of nitrogens with zero attached hydrogens (tertiary/aromatic N) is 2. The summed E-state index contributed by atoms with van der Waals surface area (Å²) >= 11 is 0. The molecule has 2 fully saturated rings. The van der Waals surface area contributed by atoms with Gasteiger partial charge >= 0.3 is 6.18 Å². The molecule has 0 unspecified atom stereocenters. The number of alkyl halides is 3. The average Bonchev–Trinajstić information content (AvgIpc) is 2.88. The predicted octanol–water partition coefficient (Wildman–Crippen LogP) is 4.12. The number of carbonyl (C=O) groups excluding carboxylic acids is 1. The highest BCUT2D eigenvalue weighted by atomic mass is 19.4. The van der Waals surface area contributed by atoms with Crippen LogP contribution in [0.1, 0.15) is 29.5 Å². The second-order valence-electron chi connectivity index (χ2n) is 9.02. The molecule has 2 saturated heterocycles. The first-order valence-electron chi connectivity index (χ1n) is 11.7. The van der Waals surface area contributed by atoms with E-state index in [0.717, 1.165) is 29.2 Å². The van der Waals surface area contributed by atoms with E-state index in [9.17, 15) is 18.0 Å². The molecule has 0 aromatic heterocycles. The van der Waals surface area contributed by atoms with Crippen LogP contribution in [-0.2, 0) is 27.7 Å². The van der Waals surface area contributed by atoms with Crippen LogP contribution >= 0.6 is 0 Å². The molecule has 0 radical (unpaired) electrons. The summed E-state index contributed by atoms with van der Waals surface area (Å²) in [7, 11) is 3.25. The molecule has 0 aliphatic carbocycles. The maximum Gasteiger partial charge on any atom is 0.416 e. The second-order valence-corrected chi connectivity index (χ2v) is 9.02. The van der Waals surface area contributed by atoms with E-state index in [0.29, 0.717) is 64.3 Å². The van der Waals surface area contributed by atoms with Gasteiger partial charge in [-0.3, -0.25) is 9.69 Å². The number of rotatable bonds is 6. The third-order valence-corrected chi connectivity index (χ3v) is 7.04. The van der Waals surface area contributed by atoms with Crippen molar-refractivity contribution in [3.63, 3.8) is 0 Å². The van der Waals surface area contributed by atoms with Crippen LogP contribution in [0.5, 0.6) is 11.5 Å². The van der Waals surface area contributed by atoms with Crippen LogP contribution in [0.15, 0.2) is 42.5 Å². The highest BCUT2D eigenvalue weighted by Gasteiger charge is 2.45. The van der Waals surface area contributed by atoms with Crippen molar-refractivity contribution in [3.05, 3.63) is 59.2 Å². The summed E-state index contributed by atoms with van der Waals surface area (Å²) < 4.78 is 56.5. The Morgan fingerprint density at radius 3 is 2.34 bits per heavy atom. The molecule has 190 valence electrons. The van der Waals surface area contributed by atoms with E-state index in [1.165, 1.54) is 6.07 Å². The molecule has 0 atom stereocenters. The molecule has 35 heavy (non-hydrogen) atoms. The van der Waals surface area contributed by atoms with Crippen LogP contribution in [0.25, 0.3) is 0 Å². The Kier molecular flexibility index (Phi) is 7.56. The topological polar surface area (TPSA) is 51.2 Å². The molecule has 0 bridgehead atoms. The van der Waals surface area contributed by atoms with Crippen molar-refractivity contribution in [3.8, 4) is 11.5 Å². The van der Waals surface area contributed by atoms with Crippen LogP contribution < -0.4 is 9.47 Å². The number of benzene rings is 2. The molecule has 0 saturated carbocycles. The molecule has 0 spiro atoms. The van der Waals surface area contributed by atoms with Crippen molar-refractivity contribution in [1.82, 2.24) is 9.80 Å². The van der Waals surface area contributed by atoms with E-state index in [1.807, 2.05) is 18.2 Å².